The smallest absolute Gasteiger partial charge is 0.416 e. The lowest BCUT2D eigenvalue weighted by Gasteiger charge is -2.38. The van der Waals surface area contributed by atoms with Crippen molar-refractivity contribution in [2.45, 2.75) is 63.5 Å². The third kappa shape index (κ3) is 21.1. The van der Waals surface area contributed by atoms with Crippen LogP contribution in [0.3, 0.4) is 0 Å². The molecule has 8 aromatic carbocycles. The number of methoxy groups -OCH3 is 1. The van der Waals surface area contributed by atoms with Gasteiger partial charge >= 0.3 is 29.0 Å². The van der Waals surface area contributed by atoms with E-state index in [2.05, 4.69) is 50.9 Å². The molecule has 0 atom stereocenters. The maximum absolute atomic E-state index is 13.7. The van der Waals surface area contributed by atoms with Gasteiger partial charge in [0.2, 0.25) is 10.0 Å². The van der Waals surface area contributed by atoms with E-state index in [0.29, 0.717) is 41.4 Å². The highest BCUT2D eigenvalue weighted by molar-refractivity contribution is 7.93. The van der Waals surface area contributed by atoms with Gasteiger partial charge in [-0.05, 0) is 160 Å². The van der Waals surface area contributed by atoms with Crippen LogP contribution in [0.2, 0.25) is 15.1 Å². The molecule has 15 rings (SSSR count). The van der Waals surface area contributed by atoms with E-state index in [9.17, 15) is 91.9 Å². The van der Waals surface area contributed by atoms with E-state index in [0.717, 1.165) is 89.4 Å². The van der Waals surface area contributed by atoms with Crippen LogP contribution >= 0.6 is 34.8 Å². The van der Waals surface area contributed by atoms with E-state index < -0.39 is 122 Å². The highest BCUT2D eigenvalue weighted by atomic mass is 35.5. The van der Waals surface area contributed by atoms with Crippen LogP contribution in [-0.2, 0) is 62.7 Å². The topological polar surface area (TPSA) is 509 Å². The Hall–Kier alpha value is -11.6. The number of nitrogen functional groups attached to an aromatic ring is 3. The number of azo groups is 3. The number of H-pyrrole nitrogens is 3. The van der Waals surface area contributed by atoms with Crippen molar-refractivity contribution in [1.82, 2.24) is 38.5 Å². The number of rotatable bonds is 22. The summed E-state index contributed by atoms with van der Waals surface area (Å²) in [5, 5.41) is 30.7. The number of aromatic amines is 3. The number of aromatic nitrogens is 6. The number of quaternary nitrogens is 1. The van der Waals surface area contributed by atoms with Gasteiger partial charge in [0.15, 0.2) is 17.1 Å². The minimum Gasteiger partial charge on any atom is -0.744 e. The van der Waals surface area contributed by atoms with Gasteiger partial charge in [0.1, 0.15) is 75.2 Å². The molecular formula is C74H72Cl3F6N20O16S5-. The molecule has 4 saturated heterocycles. The first-order valence-electron chi connectivity index (χ1n) is 36.5. The Morgan fingerprint density at radius 3 is 1.35 bits per heavy atom. The largest absolute Gasteiger partial charge is 0.744 e. The summed E-state index contributed by atoms with van der Waals surface area (Å²) in [6.07, 6.45) is -8.04. The number of nitrogens with zero attached hydrogens (tertiary/aromatic N) is 13. The van der Waals surface area contributed by atoms with E-state index in [-0.39, 0.29) is 103 Å². The molecule has 10 N–H and O–H groups in total. The molecule has 0 unspecified atom stereocenters. The fourth-order valence-electron chi connectivity index (χ4n) is 12.7. The number of ether oxygens (including phenoxy) is 1. The van der Waals surface area contributed by atoms with E-state index in [1.54, 1.807) is 55.5 Å². The van der Waals surface area contributed by atoms with Crippen LogP contribution in [0.1, 0.15) is 37.8 Å². The number of halogens is 9. The fraction of sp³-hybridized carbons (Fsp3) is 0.230. The third-order valence-electron chi connectivity index (χ3n) is 19.0. The fourth-order valence-corrected chi connectivity index (χ4v) is 19.1. The molecule has 124 heavy (non-hydrogen) atoms. The summed E-state index contributed by atoms with van der Waals surface area (Å²) in [5.74, 6) is -0.573. The minimum absolute atomic E-state index is 0.0331. The van der Waals surface area contributed by atoms with E-state index in [4.69, 9.17) is 56.7 Å². The number of fused-ring (bicyclic) bond motifs is 3. The summed E-state index contributed by atoms with van der Waals surface area (Å²) in [7, 11) is -21.1. The second kappa shape index (κ2) is 37.8. The zero-order chi connectivity index (χ0) is 90.3. The number of piperazine rings is 3. The van der Waals surface area contributed by atoms with Gasteiger partial charge in [-0.2, -0.15) is 30.6 Å². The van der Waals surface area contributed by atoms with Crippen molar-refractivity contribution in [3.8, 4) is 22.8 Å². The molecule has 7 heterocycles. The first-order chi connectivity index (χ1) is 58.4. The monoisotopic (exact) mass is 1880 g/mol. The number of sulfonamides is 3. The number of nitrogens with one attached hydrogen (secondary N) is 4. The number of alkyl halides is 6. The highest BCUT2D eigenvalue weighted by Gasteiger charge is 2.37. The second-order valence-electron chi connectivity index (χ2n) is 26.9. The van der Waals surface area contributed by atoms with E-state index in [1.807, 2.05) is 4.90 Å². The predicted octanol–water partition coefficient (Wildman–Crippen LogP) is 11.7. The molecule has 4 aliphatic heterocycles. The maximum Gasteiger partial charge on any atom is 0.416 e. The molecule has 0 radical (unpaired) electrons. The summed E-state index contributed by atoms with van der Waals surface area (Å²) in [6, 6.07) is 35.6. The molecule has 36 nitrogen and oxygen atoms in total. The summed E-state index contributed by atoms with van der Waals surface area (Å²) in [5.41, 5.74) is 11.1. The normalized spacial score (nSPS) is 15.3. The molecular weight excluding hydrogens is 1810 g/mol. The van der Waals surface area contributed by atoms with Crippen molar-refractivity contribution in [3.05, 3.63) is 233 Å². The highest BCUT2D eigenvalue weighted by Crippen LogP contribution is 2.41. The summed E-state index contributed by atoms with van der Waals surface area (Å²) in [4.78, 5) is 40.9. The van der Waals surface area contributed by atoms with E-state index in [1.165, 1.54) is 106 Å². The van der Waals surface area contributed by atoms with Crippen LogP contribution < -0.4 is 52.1 Å². The Morgan fingerprint density at radius 2 is 0.903 bits per heavy atom. The zero-order valence-electron chi connectivity index (χ0n) is 64.7. The van der Waals surface area contributed by atoms with Gasteiger partial charge in [-0.25, -0.2) is 56.1 Å². The average molecular weight is 1880 g/mol. The molecule has 0 aliphatic carbocycles. The Kier molecular flexibility index (Phi) is 28.4. The van der Waals surface area contributed by atoms with Gasteiger partial charge in [0, 0.05) is 56.9 Å². The lowest BCUT2D eigenvalue weighted by atomic mass is 10.2. The Morgan fingerprint density at radius 1 is 0.468 bits per heavy atom. The maximum atomic E-state index is 13.7. The lowest BCUT2D eigenvalue weighted by Crippen LogP contribution is -3.17. The SMILES string of the molecule is C1C[NH+]2CCN1CC2.CCN(c1ccc(C(F)(F)F)cc1)S(=O)(=O)c1ccccc1N=Nc1c(N)[nH]n(-c2cc(S(=O)(=O)[O-])ccc2Cl)c1=O.CCN(c1cccc(Cl)c1)S(=O)(=O)c1ccc(OC)cc1N=Nc1c(N)[nH]n(-c2cc(S(=O)(=O)[O-])ccc2Cl)c1=O.Nc1[nH]n(-c2ccccc2)c(=O)c1N=Nc1cc(C(F)(F)F)ccc1S(=O)(=O)N1CCCC1. The number of nitrogens with two attached hydrogens (primary N) is 3. The van der Waals surface area contributed by atoms with Crippen molar-refractivity contribution in [1.29, 1.82) is 0 Å². The van der Waals surface area contributed by atoms with Gasteiger partial charge in [0.05, 0.1) is 86.1 Å². The Balaban J connectivity index is 0.000000173. The van der Waals surface area contributed by atoms with Crippen LogP contribution in [0.4, 0.5) is 89.3 Å². The quantitative estimate of drug-likeness (QED) is 0.0188. The van der Waals surface area contributed by atoms with Crippen LogP contribution in [0.15, 0.2) is 245 Å². The predicted molar refractivity (Wildman–Crippen MR) is 445 cm³/mol. The first kappa shape index (κ1) is 93.1. The summed E-state index contributed by atoms with van der Waals surface area (Å²) < 4.78 is 239. The molecule has 4 aliphatic rings. The number of para-hydroxylation sites is 1. The molecule has 0 amide bonds. The molecule has 0 saturated carbocycles. The number of benzene rings is 8. The Bertz CT molecular complexity index is 6700. The van der Waals surface area contributed by atoms with Crippen molar-refractivity contribution < 1.29 is 87.2 Å². The molecule has 50 heteroatoms. The standard InChI is InChI=1S/C24H22Cl2N6O7S2.C24H20ClF3N6O6S2.C20H19F3N6O3S.C6H12N2/c1-3-31(15-6-4-5-14(25)11-15)40(34,35)21-10-7-16(39-2)12-19(21)28-29-22-23(27)30-32(24(22)33)20-13-17(41(36,37)38)8-9-18(20)26;1-2-33(15-9-7-14(8-10-15)24(26,27)28)41(36,37)20-6-4-3-5-18(20)30-31-21-22(29)32-34(23(21)35)19-13-16(42(38,39)40)11-12-17(19)25;21-20(22,23)13-8-9-16(33(31,32)28-10-4-5-11-28)15(12-13)25-26-17-18(24)27-29(19(17)30)14-6-2-1-3-7-14;1-2-8-5-3-7(1)4-6-8/h4-13,30H,3,27H2,1-2H3,(H,36,37,38);3-13,32H,2,29H2,1H3,(H,38,39,40);1-3,6-9,12,27H,4-5,10-11,24H2;1-6H2/p-1. The molecule has 11 aromatic rings. The Labute approximate surface area is 717 Å². The van der Waals surface area contributed by atoms with Gasteiger partial charge in [-0.3, -0.25) is 43.2 Å². The summed E-state index contributed by atoms with van der Waals surface area (Å²) in [6.45, 7) is 11.8. The minimum atomic E-state index is -4.89. The number of hydrogen-bond donors (Lipinski definition) is 7. The molecule has 4 fully saturated rings. The number of hydrogen-bond acceptors (Lipinski definition) is 26. The van der Waals surface area contributed by atoms with Crippen LogP contribution in [0, 0.1) is 0 Å². The van der Waals surface area contributed by atoms with Crippen molar-refractivity contribution in [2.24, 2.45) is 30.7 Å². The zero-order valence-corrected chi connectivity index (χ0v) is 71.1. The van der Waals surface area contributed by atoms with Crippen LogP contribution in [-0.4, -0.2) is 162 Å². The first-order valence-corrected chi connectivity index (χ1v) is 44.8. The molecule has 2 bridgehead atoms. The second-order valence-corrected chi connectivity index (χ2v) is 36.5. The van der Waals surface area contributed by atoms with Gasteiger partial charge in [-0.1, -0.05) is 71.2 Å². The molecule has 0 spiro atoms. The van der Waals surface area contributed by atoms with Gasteiger partial charge in [0.25, 0.3) is 20.0 Å². The van der Waals surface area contributed by atoms with E-state index >= 15 is 0 Å². The van der Waals surface area contributed by atoms with Crippen LogP contribution in [0.5, 0.6) is 5.75 Å². The van der Waals surface area contributed by atoms with Crippen molar-refractivity contribution in [3.63, 3.8) is 0 Å². The average Bonchev–Trinajstić information content (AvgIpc) is 1.20. The van der Waals surface area contributed by atoms with Crippen molar-refractivity contribution >= 4 is 148 Å². The van der Waals surface area contributed by atoms with Gasteiger partial charge in [-0.15, -0.1) is 30.7 Å². The molecule has 658 valence electrons. The van der Waals surface area contributed by atoms with Crippen LogP contribution in [0.25, 0.3) is 17.1 Å². The third-order valence-corrected chi connectivity index (χ3v) is 27.4. The molecule has 3 aromatic heterocycles. The number of anilines is 5. The lowest BCUT2D eigenvalue weighted by molar-refractivity contribution is -0.914. The van der Waals surface area contributed by atoms with Crippen molar-refractivity contribution in [2.75, 3.05) is 98.4 Å². The summed E-state index contributed by atoms with van der Waals surface area (Å²) >= 11 is 18.3. The van der Waals surface area contributed by atoms with Gasteiger partial charge < -0.3 is 35.9 Å².